The Balaban J connectivity index is 1.52. The number of hydrogen-bond acceptors (Lipinski definition) is 6. The summed E-state index contributed by atoms with van der Waals surface area (Å²) in [6.07, 6.45) is 6.77. The zero-order chi connectivity index (χ0) is 27.7. The number of rotatable bonds is 8. The molecule has 1 unspecified atom stereocenters. The molecule has 1 aliphatic carbocycles. The Morgan fingerprint density at radius 3 is 2.50 bits per heavy atom. The standard InChI is InChI=1S/C28H37ClFN3O3SSi/c1-28(2,3)38(5,6)36-21-12-10-20(11-13-21)35-26-23(29)15-24(30)22-16-31-27(33-25(22)26)32-19-9-7-8-18(14-19)17-37(4)34/h7-9,14-16,20-21H,10-13,17H2,1-6H3,(H,31,32,33). The van der Waals surface area contributed by atoms with E-state index in [2.05, 4.69) is 49.1 Å². The monoisotopic (exact) mass is 577 g/mol. The maximum atomic E-state index is 14.8. The molecule has 10 heteroatoms. The van der Waals surface area contributed by atoms with Crippen molar-refractivity contribution in [2.24, 2.45) is 0 Å². The molecule has 2 aromatic carbocycles. The Morgan fingerprint density at radius 2 is 1.84 bits per heavy atom. The van der Waals surface area contributed by atoms with Gasteiger partial charge in [-0.05, 0) is 67.6 Å². The van der Waals surface area contributed by atoms with Gasteiger partial charge in [0, 0.05) is 40.8 Å². The van der Waals surface area contributed by atoms with Gasteiger partial charge in [0.05, 0.1) is 16.5 Å². The lowest BCUT2D eigenvalue weighted by Gasteiger charge is -2.41. The Bertz CT molecular complexity index is 1330. The highest BCUT2D eigenvalue weighted by atomic mass is 35.5. The molecule has 1 fully saturated rings. The van der Waals surface area contributed by atoms with Gasteiger partial charge in [-0.15, -0.1) is 0 Å². The average molecular weight is 578 g/mol. The summed E-state index contributed by atoms with van der Waals surface area (Å²) in [4.78, 5) is 8.89. The predicted octanol–water partition coefficient (Wildman–Crippen LogP) is 7.76. The Hall–Kier alpha value is -2.07. The second-order valence-electron chi connectivity index (χ2n) is 11.6. The third kappa shape index (κ3) is 6.92. The van der Waals surface area contributed by atoms with E-state index < -0.39 is 24.9 Å². The number of hydrogen-bond donors (Lipinski definition) is 1. The van der Waals surface area contributed by atoms with E-state index in [9.17, 15) is 8.60 Å². The number of nitrogens with one attached hydrogen (secondary N) is 1. The molecule has 0 amide bonds. The molecule has 38 heavy (non-hydrogen) atoms. The molecular weight excluding hydrogens is 541 g/mol. The molecule has 4 rings (SSSR count). The number of fused-ring (bicyclic) bond motifs is 1. The normalized spacial score (nSPS) is 19.4. The number of anilines is 2. The summed E-state index contributed by atoms with van der Waals surface area (Å²) in [7, 11) is -2.78. The van der Waals surface area contributed by atoms with Crippen molar-refractivity contribution in [1.82, 2.24) is 9.97 Å². The molecule has 0 bridgehead atoms. The van der Waals surface area contributed by atoms with Crippen LogP contribution >= 0.6 is 11.6 Å². The third-order valence-corrected chi connectivity index (χ3v) is 13.0. The zero-order valence-electron chi connectivity index (χ0n) is 22.9. The quantitative estimate of drug-likeness (QED) is 0.276. The van der Waals surface area contributed by atoms with Crippen molar-refractivity contribution < 1.29 is 17.8 Å². The van der Waals surface area contributed by atoms with Gasteiger partial charge in [0.1, 0.15) is 11.3 Å². The molecule has 1 aliphatic rings. The van der Waals surface area contributed by atoms with Gasteiger partial charge in [0.25, 0.3) is 0 Å². The molecule has 0 spiro atoms. The van der Waals surface area contributed by atoms with Gasteiger partial charge in [-0.1, -0.05) is 44.5 Å². The van der Waals surface area contributed by atoms with E-state index in [0.717, 1.165) is 36.9 Å². The molecule has 1 N–H and O–H groups in total. The fourth-order valence-electron chi connectivity index (χ4n) is 4.40. The van der Waals surface area contributed by atoms with Crippen LogP contribution in [0.2, 0.25) is 23.2 Å². The largest absolute Gasteiger partial charge is 0.487 e. The molecule has 3 aromatic rings. The molecule has 1 saturated carbocycles. The number of halogens is 2. The van der Waals surface area contributed by atoms with Crippen LogP contribution in [0.4, 0.5) is 16.0 Å². The van der Waals surface area contributed by atoms with Crippen LogP contribution in [0.15, 0.2) is 36.5 Å². The first kappa shape index (κ1) is 28.9. The second kappa shape index (κ2) is 11.6. The van der Waals surface area contributed by atoms with Crippen molar-refractivity contribution in [1.29, 1.82) is 0 Å². The molecule has 0 radical (unpaired) electrons. The molecule has 0 aliphatic heterocycles. The molecule has 0 saturated heterocycles. The van der Waals surface area contributed by atoms with E-state index in [1.165, 1.54) is 12.3 Å². The van der Waals surface area contributed by atoms with Gasteiger partial charge < -0.3 is 14.5 Å². The summed E-state index contributed by atoms with van der Waals surface area (Å²) in [5, 5.41) is 3.77. The lowest BCUT2D eigenvalue weighted by atomic mass is 9.95. The van der Waals surface area contributed by atoms with Crippen LogP contribution in [0.3, 0.4) is 0 Å². The Kier molecular flexibility index (Phi) is 8.81. The van der Waals surface area contributed by atoms with Crippen LogP contribution in [0.25, 0.3) is 10.9 Å². The van der Waals surface area contributed by atoms with Crippen LogP contribution in [-0.2, 0) is 21.0 Å². The highest BCUT2D eigenvalue weighted by molar-refractivity contribution is 7.83. The molecule has 6 nitrogen and oxygen atoms in total. The van der Waals surface area contributed by atoms with Gasteiger partial charge >= 0.3 is 0 Å². The van der Waals surface area contributed by atoms with Gasteiger partial charge in [-0.2, -0.15) is 0 Å². The molecule has 1 heterocycles. The number of ether oxygens (including phenoxy) is 1. The fourth-order valence-corrected chi connectivity index (χ4v) is 6.70. The topological polar surface area (TPSA) is 73.3 Å². The lowest BCUT2D eigenvalue weighted by molar-refractivity contribution is 0.0733. The summed E-state index contributed by atoms with van der Waals surface area (Å²) in [5.74, 6) is 0.626. The van der Waals surface area contributed by atoms with Gasteiger partial charge in [-0.3, -0.25) is 4.21 Å². The van der Waals surface area contributed by atoms with Crippen molar-refractivity contribution in [2.45, 2.75) is 82.5 Å². The first-order valence-electron chi connectivity index (χ1n) is 13.0. The second-order valence-corrected chi connectivity index (χ2v) is 18.2. The molecule has 1 atom stereocenters. The van der Waals surface area contributed by atoms with Crippen molar-refractivity contribution in [3.8, 4) is 5.75 Å². The first-order chi connectivity index (χ1) is 17.8. The van der Waals surface area contributed by atoms with Crippen LogP contribution in [-0.4, -0.2) is 41.0 Å². The Morgan fingerprint density at radius 1 is 1.16 bits per heavy atom. The van der Waals surface area contributed by atoms with Crippen molar-refractivity contribution in [3.63, 3.8) is 0 Å². The molecular formula is C28H37ClFN3O3SSi. The summed E-state index contributed by atoms with van der Waals surface area (Å²) in [6, 6.07) is 8.82. The number of aromatic nitrogens is 2. The van der Waals surface area contributed by atoms with E-state index in [-0.39, 0.29) is 27.7 Å². The van der Waals surface area contributed by atoms with E-state index in [1.54, 1.807) is 6.26 Å². The maximum absolute atomic E-state index is 14.8. The van der Waals surface area contributed by atoms with Gasteiger partial charge in [0.2, 0.25) is 5.95 Å². The van der Waals surface area contributed by atoms with Gasteiger partial charge in [-0.25, -0.2) is 14.4 Å². The Labute approximate surface area is 233 Å². The van der Waals surface area contributed by atoms with Crippen molar-refractivity contribution in [3.05, 3.63) is 52.9 Å². The molecule has 1 aromatic heterocycles. The first-order valence-corrected chi connectivity index (χ1v) is 18.0. The minimum atomic E-state index is -1.83. The van der Waals surface area contributed by atoms with Crippen LogP contribution in [0.5, 0.6) is 5.75 Å². The summed E-state index contributed by atoms with van der Waals surface area (Å²) >= 11 is 6.48. The van der Waals surface area contributed by atoms with Gasteiger partial charge in [0.15, 0.2) is 14.1 Å². The van der Waals surface area contributed by atoms with Crippen LogP contribution in [0, 0.1) is 5.82 Å². The van der Waals surface area contributed by atoms with E-state index in [4.69, 9.17) is 20.8 Å². The summed E-state index contributed by atoms with van der Waals surface area (Å²) < 4.78 is 39.4. The average Bonchev–Trinajstić information content (AvgIpc) is 2.81. The number of nitrogens with zero attached hydrogens (tertiary/aromatic N) is 2. The number of benzene rings is 2. The minimum Gasteiger partial charge on any atom is -0.487 e. The van der Waals surface area contributed by atoms with E-state index in [1.807, 2.05) is 24.3 Å². The summed E-state index contributed by atoms with van der Waals surface area (Å²) in [6.45, 7) is 11.3. The fraction of sp³-hybridized carbons (Fsp3) is 0.500. The van der Waals surface area contributed by atoms with Crippen molar-refractivity contribution in [2.75, 3.05) is 11.6 Å². The van der Waals surface area contributed by atoms with Crippen molar-refractivity contribution >= 4 is 53.3 Å². The van der Waals surface area contributed by atoms with E-state index in [0.29, 0.717) is 23.0 Å². The lowest BCUT2D eigenvalue weighted by Crippen LogP contribution is -2.45. The zero-order valence-corrected chi connectivity index (χ0v) is 25.5. The van der Waals surface area contributed by atoms with E-state index >= 15 is 0 Å². The molecule has 206 valence electrons. The SMILES string of the molecule is CS(=O)Cc1cccc(Nc2ncc3c(F)cc(Cl)c(OC4CCC(O[Si](C)(C)C(C)(C)C)CC4)c3n2)c1. The highest BCUT2D eigenvalue weighted by Gasteiger charge is 2.40. The minimum absolute atomic E-state index is 0.0570. The van der Waals surface area contributed by atoms with Crippen LogP contribution < -0.4 is 10.1 Å². The highest BCUT2D eigenvalue weighted by Crippen LogP contribution is 2.41. The van der Waals surface area contributed by atoms with Crippen LogP contribution in [0.1, 0.15) is 52.0 Å². The predicted molar refractivity (Wildman–Crippen MR) is 157 cm³/mol. The third-order valence-electron chi connectivity index (χ3n) is 7.46. The summed E-state index contributed by atoms with van der Waals surface area (Å²) in [5.41, 5.74) is 2.01. The maximum Gasteiger partial charge on any atom is 0.227 e. The smallest absolute Gasteiger partial charge is 0.227 e.